The van der Waals surface area contributed by atoms with E-state index < -0.39 is 5.97 Å². The molecule has 2 N–H and O–H groups in total. The molecular formula is C13H9NO2. The first-order valence-electron chi connectivity index (χ1n) is 4.99. The van der Waals surface area contributed by atoms with Crippen molar-refractivity contribution < 1.29 is 9.90 Å². The number of aromatic carboxylic acids is 1. The summed E-state index contributed by atoms with van der Waals surface area (Å²) in [5.74, 6) is -0.893. The molecule has 3 nitrogen and oxygen atoms in total. The molecule has 0 aliphatic rings. The molecule has 3 aromatic rings. The van der Waals surface area contributed by atoms with Crippen LogP contribution in [0.2, 0.25) is 0 Å². The molecule has 1 heterocycles. The van der Waals surface area contributed by atoms with Gasteiger partial charge in [-0.05, 0) is 35.0 Å². The number of nitrogens with one attached hydrogen (secondary N) is 1. The van der Waals surface area contributed by atoms with Crippen molar-refractivity contribution in [1.29, 1.82) is 0 Å². The molecule has 2 aromatic carbocycles. The Labute approximate surface area is 91.3 Å². The van der Waals surface area contributed by atoms with Crippen LogP contribution in [0.3, 0.4) is 0 Å². The number of hydrogen-bond donors (Lipinski definition) is 2. The summed E-state index contributed by atoms with van der Waals surface area (Å²) in [6, 6.07) is 11.1. The first kappa shape index (κ1) is 8.97. The molecule has 0 atom stereocenters. The maximum atomic E-state index is 10.9. The molecule has 0 aliphatic carbocycles. The summed E-state index contributed by atoms with van der Waals surface area (Å²) >= 11 is 0. The van der Waals surface area contributed by atoms with Gasteiger partial charge in [0, 0.05) is 17.1 Å². The third-order valence-corrected chi connectivity index (χ3v) is 2.80. The van der Waals surface area contributed by atoms with E-state index in [2.05, 4.69) is 4.98 Å². The quantitative estimate of drug-likeness (QED) is 0.650. The van der Waals surface area contributed by atoms with Gasteiger partial charge < -0.3 is 10.1 Å². The highest BCUT2D eigenvalue weighted by Gasteiger charge is 2.05. The lowest BCUT2D eigenvalue weighted by molar-refractivity contribution is 0.0697. The van der Waals surface area contributed by atoms with Gasteiger partial charge in [-0.2, -0.15) is 0 Å². The van der Waals surface area contributed by atoms with Gasteiger partial charge in [0.15, 0.2) is 0 Å². The van der Waals surface area contributed by atoms with E-state index in [-0.39, 0.29) is 0 Å². The van der Waals surface area contributed by atoms with Crippen LogP contribution in [0.5, 0.6) is 0 Å². The number of hydrogen-bond acceptors (Lipinski definition) is 1. The Hall–Kier alpha value is -2.29. The second-order valence-corrected chi connectivity index (χ2v) is 3.75. The van der Waals surface area contributed by atoms with Gasteiger partial charge >= 0.3 is 5.97 Å². The van der Waals surface area contributed by atoms with Gasteiger partial charge in [0.1, 0.15) is 0 Å². The van der Waals surface area contributed by atoms with Crippen molar-refractivity contribution in [3.8, 4) is 0 Å². The summed E-state index contributed by atoms with van der Waals surface area (Å²) in [7, 11) is 0. The summed E-state index contributed by atoms with van der Waals surface area (Å²) in [6.45, 7) is 0. The van der Waals surface area contributed by atoms with Crippen molar-refractivity contribution in [3.05, 3.63) is 48.2 Å². The molecule has 16 heavy (non-hydrogen) atoms. The zero-order valence-corrected chi connectivity index (χ0v) is 8.40. The largest absolute Gasteiger partial charge is 0.478 e. The molecule has 0 unspecified atom stereocenters. The minimum absolute atomic E-state index is 0.322. The van der Waals surface area contributed by atoms with E-state index in [4.69, 9.17) is 5.11 Å². The lowest BCUT2D eigenvalue weighted by atomic mass is 10.0. The van der Waals surface area contributed by atoms with Crippen LogP contribution in [0, 0.1) is 0 Å². The number of aromatic nitrogens is 1. The van der Waals surface area contributed by atoms with E-state index in [9.17, 15) is 4.79 Å². The van der Waals surface area contributed by atoms with Crippen LogP contribution in [-0.2, 0) is 0 Å². The van der Waals surface area contributed by atoms with E-state index >= 15 is 0 Å². The van der Waals surface area contributed by atoms with Crippen LogP contribution < -0.4 is 0 Å². The van der Waals surface area contributed by atoms with Gasteiger partial charge in [-0.1, -0.05) is 12.1 Å². The van der Waals surface area contributed by atoms with Gasteiger partial charge in [-0.25, -0.2) is 4.79 Å². The monoisotopic (exact) mass is 211 g/mol. The molecule has 0 spiro atoms. The molecule has 0 radical (unpaired) electrons. The topological polar surface area (TPSA) is 53.1 Å². The van der Waals surface area contributed by atoms with Gasteiger partial charge in [0.2, 0.25) is 0 Å². The predicted octanol–water partition coefficient (Wildman–Crippen LogP) is 3.02. The number of carboxylic acid groups (broad SMARTS) is 1. The van der Waals surface area contributed by atoms with Gasteiger partial charge in [-0.15, -0.1) is 0 Å². The second kappa shape index (κ2) is 3.10. The van der Waals surface area contributed by atoms with Crippen LogP contribution in [0.4, 0.5) is 0 Å². The molecule has 0 aliphatic heterocycles. The van der Waals surface area contributed by atoms with Crippen molar-refractivity contribution in [1.82, 2.24) is 4.98 Å². The van der Waals surface area contributed by atoms with E-state index in [1.54, 1.807) is 12.1 Å². The van der Waals surface area contributed by atoms with Crippen molar-refractivity contribution in [2.75, 3.05) is 0 Å². The molecule has 1 aromatic heterocycles. The Bertz CT molecular complexity index is 697. The van der Waals surface area contributed by atoms with Crippen molar-refractivity contribution in [2.45, 2.75) is 0 Å². The maximum Gasteiger partial charge on any atom is 0.335 e. The van der Waals surface area contributed by atoms with E-state index in [0.717, 1.165) is 21.7 Å². The molecule has 3 heteroatoms. The number of carbonyl (C=O) groups is 1. The van der Waals surface area contributed by atoms with Gasteiger partial charge in [0.05, 0.1) is 5.56 Å². The first-order valence-corrected chi connectivity index (χ1v) is 4.99. The fourth-order valence-corrected chi connectivity index (χ4v) is 2.01. The number of H-pyrrole nitrogens is 1. The molecule has 0 fully saturated rings. The Balaban J connectivity index is 2.41. The van der Waals surface area contributed by atoms with E-state index in [1.165, 1.54) is 0 Å². The molecule has 0 amide bonds. The van der Waals surface area contributed by atoms with Gasteiger partial charge in [0.25, 0.3) is 0 Å². The van der Waals surface area contributed by atoms with E-state index in [1.807, 2.05) is 30.5 Å². The Morgan fingerprint density at radius 1 is 1.06 bits per heavy atom. The standard InChI is InChI=1S/C13H9NO2/c15-13(16)9-1-3-10-8(7-9)2-4-12-11(10)5-6-14-12/h1-7,14H,(H,15,16). The Morgan fingerprint density at radius 2 is 1.94 bits per heavy atom. The highest BCUT2D eigenvalue weighted by Crippen LogP contribution is 2.25. The fourth-order valence-electron chi connectivity index (χ4n) is 2.01. The Morgan fingerprint density at radius 3 is 2.75 bits per heavy atom. The summed E-state index contributed by atoms with van der Waals surface area (Å²) in [4.78, 5) is 14.0. The minimum Gasteiger partial charge on any atom is -0.478 e. The lowest BCUT2D eigenvalue weighted by Gasteiger charge is -2.01. The molecule has 0 saturated heterocycles. The fraction of sp³-hybridized carbons (Fsp3) is 0. The highest BCUT2D eigenvalue weighted by molar-refractivity contribution is 6.08. The number of fused-ring (bicyclic) bond motifs is 3. The van der Waals surface area contributed by atoms with Crippen LogP contribution in [0.25, 0.3) is 21.7 Å². The van der Waals surface area contributed by atoms with Crippen molar-refractivity contribution in [2.24, 2.45) is 0 Å². The molecule has 3 rings (SSSR count). The third kappa shape index (κ3) is 1.18. The van der Waals surface area contributed by atoms with Crippen molar-refractivity contribution >= 4 is 27.6 Å². The van der Waals surface area contributed by atoms with Crippen LogP contribution in [-0.4, -0.2) is 16.1 Å². The zero-order chi connectivity index (χ0) is 11.1. The molecule has 0 saturated carbocycles. The van der Waals surface area contributed by atoms with Crippen LogP contribution in [0.15, 0.2) is 42.6 Å². The van der Waals surface area contributed by atoms with Gasteiger partial charge in [-0.3, -0.25) is 0 Å². The summed E-state index contributed by atoms with van der Waals surface area (Å²) in [6.07, 6.45) is 1.88. The number of rotatable bonds is 1. The predicted molar refractivity (Wildman–Crippen MR) is 62.8 cm³/mol. The number of carboxylic acids is 1. The first-order chi connectivity index (χ1) is 7.75. The summed E-state index contributed by atoms with van der Waals surface area (Å²) < 4.78 is 0. The number of aromatic amines is 1. The zero-order valence-electron chi connectivity index (χ0n) is 8.40. The minimum atomic E-state index is -0.893. The lowest BCUT2D eigenvalue weighted by Crippen LogP contribution is -1.95. The molecule has 0 bridgehead atoms. The number of benzene rings is 2. The SMILES string of the molecule is O=C(O)c1ccc2c(ccc3[nH]ccc32)c1. The molecule has 78 valence electrons. The smallest absolute Gasteiger partial charge is 0.335 e. The molecular weight excluding hydrogens is 202 g/mol. The third-order valence-electron chi connectivity index (χ3n) is 2.80. The summed E-state index contributed by atoms with van der Waals surface area (Å²) in [5.41, 5.74) is 1.39. The highest BCUT2D eigenvalue weighted by atomic mass is 16.4. The second-order valence-electron chi connectivity index (χ2n) is 3.75. The van der Waals surface area contributed by atoms with Crippen LogP contribution >= 0.6 is 0 Å². The maximum absolute atomic E-state index is 10.9. The average molecular weight is 211 g/mol. The summed E-state index contributed by atoms with van der Waals surface area (Å²) in [5, 5.41) is 12.1. The Kier molecular flexibility index (Phi) is 1.74. The van der Waals surface area contributed by atoms with Crippen LogP contribution in [0.1, 0.15) is 10.4 Å². The van der Waals surface area contributed by atoms with E-state index in [0.29, 0.717) is 5.56 Å². The average Bonchev–Trinajstić information content (AvgIpc) is 2.76. The normalized spacial score (nSPS) is 11.0. The van der Waals surface area contributed by atoms with Crippen molar-refractivity contribution in [3.63, 3.8) is 0 Å².